The summed E-state index contributed by atoms with van der Waals surface area (Å²) in [4.78, 5) is 16.6. The average Bonchev–Trinajstić information content (AvgIpc) is 3.23. The highest BCUT2D eigenvalue weighted by atomic mass is 16.6. The Morgan fingerprint density at radius 1 is 1.27 bits per heavy atom. The van der Waals surface area contributed by atoms with E-state index in [9.17, 15) is 4.79 Å². The number of aliphatic hydroxyl groups excluding tert-OH is 1. The van der Waals surface area contributed by atoms with E-state index in [1.165, 1.54) is 4.68 Å². The molecule has 3 heterocycles. The van der Waals surface area contributed by atoms with Gasteiger partial charge in [-0.3, -0.25) is 9.80 Å². The Balaban J connectivity index is 1.83. The Morgan fingerprint density at radius 2 is 2.00 bits per heavy atom. The fraction of sp³-hybridized carbons (Fsp3) is 0.643. The number of esters is 1. The third-order valence-electron chi connectivity index (χ3n) is 4.18. The van der Waals surface area contributed by atoms with E-state index >= 15 is 0 Å². The molecule has 1 aliphatic heterocycles. The van der Waals surface area contributed by atoms with Crippen molar-refractivity contribution in [2.24, 2.45) is 0 Å². The number of piperazine rings is 1. The van der Waals surface area contributed by atoms with E-state index in [-0.39, 0.29) is 30.5 Å². The van der Waals surface area contributed by atoms with Crippen molar-refractivity contribution in [3.63, 3.8) is 0 Å². The molecule has 12 heteroatoms. The summed E-state index contributed by atoms with van der Waals surface area (Å²) in [6, 6.07) is 0. The highest BCUT2D eigenvalue weighted by molar-refractivity contribution is 5.88. The van der Waals surface area contributed by atoms with Crippen molar-refractivity contribution >= 4 is 11.8 Å². The number of hydrogen-bond donors (Lipinski definition) is 2. The van der Waals surface area contributed by atoms with Crippen molar-refractivity contribution < 1.29 is 19.3 Å². The van der Waals surface area contributed by atoms with Gasteiger partial charge in [0.2, 0.25) is 11.6 Å². The Hall–Kier alpha value is -2.57. The lowest BCUT2D eigenvalue weighted by Gasteiger charge is -2.34. The third-order valence-corrected chi connectivity index (χ3v) is 4.18. The number of carbonyl (C=O) groups is 1. The predicted octanol–water partition coefficient (Wildman–Crippen LogP) is -1.48. The van der Waals surface area contributed by atoms with E-state index < -0.39 is 5.97 Å². The number of carbonyl (C=O) groups excluding carboxylic acids is 1. The normalized spacial score (nSPS) is 16.1. The van der Waals surface area contributed by atoms with Gasteiger partial charge in [0, 0.05) is 39.3 Å². The van der Waals surface area contributed by atoms with Gasteiger partial charge < -0.3 is 15.6 Å². The maximum atomic E-state index is 12.2. The van der Waals surface area contributed by atoms with Crippen LogP contribution in [0.15, 0.2) is 4.63 Å². The number of ether oxygens (including phenoxy) is 1. The molecule has 0 aliphatic carbocycles. The number of β-amino-alcohol motifs (C(OH)–C–C–N with tert-alkyl or cyclic N) is 1. The van der Waals surface area contributed by atoms with Crippen LogP contribution in [0.1, 0.15) is 23.1 Å². The van der Waals surface area contributed by atoms with E-state index in [4.69, 9.17) is 15.6 Å². The molecule has 1 aliphatic rings. The molecule has 26 heavy (non-hydrogen) atoms. The maximum absolute atomic E-state index is 12.2. The number of hydrogen-bond acceptors (Lipinski definition) is 11. The van der Waals surface area contributed by atoms with Crippen LogP contribution >= 0.6 is 0 Å². The van der Waals surface area contributed by atoms with Crippen molar-refractivity contribution in [3.8, 4) is 5.82 Å². The lowest BCUT2D eigenvalue weighted by molar-refractivity contribution is 0.0515. The summed E-state index contributed by atoms with van der Waals surface area (Å²) < 4.78 is 11.1. The number of anilines is 1. The number of aromatic nitrogens is 5. The first kappa shape index (κ1) is 18.2. The summed E-state index contributed by atoms with van der Waals surface area (Å²) in [5, 5.41) is 24.3. The minimum atomic E-state index is -0.553. The van der Waals surface area contributed by atoms with Crippen LogP contribution in [0.3, 0.4) is 0 Å². The molecule has 3 rings (SSSR count). The van der Waals surface area contributed by atoms with Gasteiger partial charge in [0.15, 0.2) is 5.69 Å². The van der Waals surface area contributed by atoms with Gasteiger partial charge in [-0.2, -0.15) is 4.68 Å². The summed E-state index contributed by atoms with van der Waals surface area (Å²) in [5.41, 5.74) is 6.39. The molecule has 142 valence electrons. The van der Waals surface area contributed by atoms with Crippen molar-refractivity contribution in [1.29, 1.82) is 0 Å². The van der Waals surface area contributed by atoms with Crippen LogP contribution in [0.25, 0.3) is 5.82 Å². The van der Waals surface area contributed by atoms with Crippen LogP contribution in [-0.2, 0) is 11.3 Å². The molecule has 2 aromatic heterocycles. The predicted molar refractivity (Wildman–Crippen MR) is 88.4 cm³/mol. The van der Waals surface area contributed by atoms with E-state index in [0.29, 0.717) is 18.8 Å². The molecule has 0 amide bonds. The zero-order valence-corrected chi connectivity index (χ0v) is 14.5. The van der Waals surface area contributed by atoms with Crippen LogP contribution in [-0.4, -0.2) is 92.1 Å². The van der Waals surface area contributed by atoms with Gasteiger partial charge in [0.25, 0.3) is 0 Å². The van der Waals surface area contributed by atoms with E-state index in [2.05, 4.69) is 35.1 Å². The van der Waals surface area contributed by atoms with Crippen LogP contribution in [0.2, 0.25) is 0 Å². The molecule has 0 bridgehead atoms. The molecule has 3 N–H and O–H groups in total. The summed E-state index contributed by atoms with van der Waals surface area (Å²) in [6.45, 7) is 6.38. The quantitative estimate of drug-likeness (QED) is 0.552. The number of nitrogens with zero attached hydrogens (tertiary/aromatic N) is 7. The zero-order valence-electron chi connectivity index (χ0n) is 14.5. The second kappa shape index (κ2) is 8.21. The van der Waals surface area contributed by atoms with Gasteiger partial charge in [-0.15, -0.1) is 5.10 Å². The smallest absolute Gasteiger partial charge is 0.360 e. The molecule has 12 nitrogen and oxygen atoms in total. The van der Waals surface area contributed by atoms with Crippen LogP contribution < -0.4 is 5.73 Å². The monoisotopic (exact) mass is 366 g/mol. The molecule has 0 unspecified atom stereocenters. The van der Waals surface area contributed by atoms with Crippen molar-refractivity contribution in [2.45, 2.75) is 13.5 Å². The molecular weight excluding hydrogens is 344 g/mol. The molecule has 1 fully saturated rings. The highest BCUT2D eigenvalue weighted by Crippen LogP contribution is 2.19. The Bertz CT molecular complexity index is 737. The van der Waals surface area contributed by atoms with Gasteiger partial charge in [0.05, 0.1) is 18.9 Å². The number of nitrogen functional groups attached to an aromatic ring is 1. The Labute approximate surface area is 149 Å². The first-order valence-corrected chi connectivity index (χ1v) is 8.39. The highest BCUT2D eigenvalue weighted by Gasteiger charge is 2.27. The molecule has 0 spiro atoms. The third kappa shape index (κ3) is 3.81. The first-order valence-electron chi connectivity index (χ1n) is 8.39. The fourth-order valence-corrected chi connectivity index (χ4v) is 2.83. The number of aliphatic hydroxyl groups is 1. The number of nitrogens with two attached hydrogens (primary N) is 1. The SMILES string of the molecule is CCOC(=O)c1nnn(-c2nonc2N)c1CN1CCN(CCO)CC1. The second-order valence-corrected chi connectivity index (χ2v) is 5.83. The zero-order chi connectivity index (χ0) is 18.5. The maximum Gasteiger partial charge on any atom is 0.360 e. The van der Waals surface area contributed by atoms with E-state index in [1.54, 1.807) is 6.92 Å². The van der Waals surface area contributed by atoms with Gasteiger partial charge in [0.1, 0.15) is 0 Å². The van der Waals surface area contributed by atoms with Gasteiger partial charge in [-0.1, -0.05) is 5.21 Å². The Morgan fingerprint density at radius 3 is 2.62 bits per heavy atom. The molecule has 0 atom stereocenters. The largest absolute Gasteiger partial charge is 0.461 e. The standard InChI is InChI=1S/C14H22N8O4/c1-2-25-14(24)11-10(9-21-5-3-20(4-6-21)7-8-23)22(19-16-11)13-12(15)17-26-18-13/h23H,2-9H2,1H3,(H2,15,17). The number of rotatable bonds is 7. The Kier molecular flexibility index (Phi) is 5.75. The van der Waals surface area contributed by atoms with Crippen LogP contribution in [0, 0.1) is 0 Å². The fourth-order valence-electron chi connectivity index (χ4n) is 2.83. The molecular formula is C14H22N8O4. The lowest BCUT2D eigenvalue weighted by atomic mass is 10.2. The van der Waals surface area contributed by atoms with Crippen molar-refractivity contribution in [3.05, 3.63) is 11.4 Å². The van der Waals surface area contributed by atoms with E-state index in [1.807, 2.05) is 0 Å². The van der Waals surface area contributed by atoms with E-state index in [0.717, 1.165) is 26.2 Å². The average molecular weight is 366 g/mol. The van der Waals surface area contributed by atoms with Gasteiger partial charge in [-0.25, -0.2) is 9.42 Å². The molecule has 0 radical (unpaired) electrons. The summed E-state index contributed by atoms with van der Waals surface area (Å²) in [6.07, 6.45) is 0. The van der Waals surface area contributed by atoms with Crippen molar-refractivity contribution in [1.82, 2.24) is 35.1 Å². The lowest BCUT2D eigenvalue weighted by Crippen LogP contribution is -2.47. The van der Waals surface area contributed by atoms with Crippen LogP contribution in [0.5, 0.6) is 0 Å². The molecule has 2 aromatic rings. The molecule has 1 saturated heterocycles. The summed E-state index contributed by atoms with van der Waals surface area (Å²) >= 11 is 0. The first-order chi connectivity index (χ1) is 12.6. The minimum absolute atomic E-state index is 0.0549. The summed E-state index contributed by atoms with van der Waals surface area (Å²) in [5.74, 6) is -0.316. The topological polar surface area (TPSA) is 149 Å². The second-order valence-electron chi connectivity index (χ2n) is 5.83. The minimum Gasteiger partial charge on any atom is -0.461 e. The van der Waals surface area contributed by atoms with Gasteiger partial charge in [-0.05, 0) is 17.2 Å². The molecule has 0 saturated carbocycles. The van der Waals surface area contributed by atoms with Crippen molar-refractivity contribution in [2.75, 3.05) is 51.7 Å². The molecule has 0 aromatic carbocycles. The van der Waals surface area contributed by atoms with Gasteiger partial charge >= 0.3 is 5.97 Å². The summed E-state index contributed by atoms with van der Waals surface area (Å²) in [7, 11) is 0. The van der Waals surface area contributed by atoms with Crippen LogP contribution in [0.4, 0.5) is 5.82 Å².